The molecule has 1 aliphatic rings. The summed E-state index contributed by atoms with van der Waals surface area (Å²) in [5.41, 5.74) is 0. The Bertz CT molecular complexity index is 333. The minimum absolute atomic E-state index is 0.330. The number of hydrogen-bond acceptors (Lipinski definition) is 2. The molecule has 0 unspecified atom stereocenters. The van der Waals surface area contributed by atoms with Gasteiger partial charge in [-0.25, -0.2) is 0 Å². The van der Waals surface area contributed by atoms with Gasteiger partial charge in [0.2, 0.25) is 0 Å². The lowest BCUT2D eigenvalue weighted by molar-refractivity contribution is 0.132. The minimum atomic E-state index is 0.330. The Balaban J connectivity index is 1.98. The van der Waals surface area contributed by atoms with Crippen LogP contribution >= 0.6 is 11.6 Å². The predicted octanol–water partition coefficient (Wildman–Crippen LogP) is 3.50. The SMILES string of the molecule is CCC[C@H](Oc1ccc(Cl)cc1)[C@H]1CCNC1. The second kappa shape index (κ2) is 6.27. The summed E-state index contributed by atoms with van der Waals surface area (Å²) in [6.07, 6.45) is 3.83. The maximum absolute atomic E-state index is 6.10. The van der Waals surface area contributed by atoms with Crippen LogP contribution in [-0.2, 0) is 0 Å². The van der Waals surface area contributed by atoms with Crippen molar-refractivity contribution in [1.82, 2.24) is 5.32 Å². The molecule has 94 valence electrons. The third-order valence-corrected chi connectivity index (χ3v) is 3.55. The number of hydrogen-bond donors (Lipinski definition) is 1. The van der Waals surface area contributed by atoms with E-state index < -0.39 is 0 Å². The van der Waals surface area contributed by atoms with Gasteiger partial charge < -0.3 is 10.1 Å². The standard InChI is InChI=1S/C14H20ClNO/c1-2-3-14(11-8-9-16-10-11)17-13-6-4-12(15)5-7-13/h4-7,11,14,16H,2-3,8-10H2,1H3/t11-,14-/m0/s1. The van der Waals surface area contributed by atoms with E-state index in [4.69, 9.17) is 16.3 Å². The van der Waals surface area contributed by atoms with Crippen molar-refractivity contribution in [2.24, 2.45) is 5.92 Å². The van der Waals surface area contributed by atoms with Crippen molar-refractivity contribution < 1.29 is 4.74 Å². The van der Waals surface area contributed by atoms with Crippen LogP contribution in [-0.4, -0.2) is 19.2 Å². The first-order chi connectivity index (χ1) is 8.29. The van der Waals surface area contributed by atoms with Crippen molar-refractivity contribution in [2.75, 3.05) is 13.1 Å². The van der Waals surface area contributed by atoms with Gasteiger partial charge in [0.1, 0.15) is 11.9 Å². The molecule has 0 aliphatic carbocycles. The van der Waals surface area contributed by atoms with Crippen LogP contribution in [0, 0.1) is 5.92 Å². The van der Waals surface area contributed by atoms with E-state index in [9.17, 15) is 0 Å². The topological polar surface area (TPSA) is 21.3 Å². The Morgan fingerprint density at radius 2 is 2.18 bits per heavy atom. The fourth-order valence-corrected chi connectivity index (χ4v) is 2.48. The van der Waals surface area contributed by atoms with Crippen LogP contribution in [0.2, 0.25) is 5.02 Å². The van der Waals surface area contributed by atoms with Crippen molar-refractivity contribution in [2.45, 2.75) is 32.3 Å². The van der Waals surface area contributed by atoms with E-state index in [1.807, 2.05) is 24.3 Å². The molecule has 2 atom stereocenters. The van der Waals surface area contributed by atoms with E-state index in [1.165, 1.54) is 6.42 Å². The minimum Gasteiger partial charge on any atom is -0.490 e. The fourth-order valence-electron chi connectivity index (χ4n) is 2.36. The molecule has 2 nitrogen and oxygen atoms in total. The zero-order valence-electron chi connectivity index (χ0n) is 10.3. The first-order valence-corrected chi connectivity index (χ1v) is 6.80. The van der Waals surface area contributed by atoms with Crippen molar-refractivity contribution in [3.05, 3.63) is 29.3 Å². The summed E-state index contributed by atoms with van der Waals surface area (Å²) in [4.78, 5) is 0. The monoisotopic (exact) mass is 253 g/mol. The summed E-state index contributed by atoms with van der Waals surface area (Å²) in [7, 11) is 0. The van der Waals surface area contributed by atoms with E-state index >= 15 is 0 Å². The molecule has 1 aromatic carbocycles. The smallest absolute Gasteiger partial charge is 0.119 e. The molecule has 0 radical (unpaired) electrons. The van der Waals surface area contributed by atoms with E-state index in [0.29, 0.717) is 12.0 Å². The molecule has 0 saturated carbocycles. The third-order valence-electron chi connectivity index (χ3n) is 3.30. The number of benzene rings is 1. The van der Waals surface area contributed by atoms with Crippen LogP contribution in [0.4, 0.5) is 0 Å². The van der Waals surface area contributed by atoms with Crippen LogP contribution in [0.1, 0.15) is 26.2 Å². The van der Waals surface area contributed by atoms with E-state index in [-0.39, 0.29) is 0 Å². The highest BCUT2D eigenvalue weighted by atomic mass is 35.5. The number of halogens is 1. The maximum Gasteiger partial charge on any atom is 0.119 e. The summed E-state index contributed by atoms with van der Waals surface area (Å²) in [6.45, 7) is 4.41. The highest BCUT2D eigenvalue weighted by Gasteiger charge is 2.25. The fraction of sp³-hybridized carbons (Fsp3) is 0.571. The van der Waals surface area contributed by atoms with Crippen LogP contribution in [0.25, 0.3) is 0 Å². The van der Waals surface area contributed by atoms with E-state index in [2.05, 4.69) is 12.2 Å². The zero-order chi connectivity index (χ0) is 12.1. The molecule has 0 spiro atoms. The summed E-state index contributed by atoms with van der Waals surface area (Å²) in [6, 6.07) is 7.67. The molecule has 1 aromatic rings. The van der Waals surface area contributed by atoms with Gasteiger partial charge in [-0.15, -0.1) is 0 Å². The molecule has 17 heavy (non-hydrogen) atoms. The summed E-state index contributed by atoms with van der Waals surface area (Å²) in [5, 5.41) is 4.16. The molecule has 0 amide bonds. The summed E-state index contributed by atoms with van der Waals surface area (Å²) < 4.78 is 6.10. The Morgan fingerprint density at radius 1 is 1.41 bits per heavy atom. The van der Waals surface area contributed by atoms with Crippen LogP contribution in [0.5, 0.6) is 5.75 Å². The normalized spacial score (nSPS) is 21.4. The van der Waals surface area contributed by atoms with Gasteiger partial charge in [-0.1, -0.05) is 24.9 Å². The van der Waals surface area contributed by atoms with Gasteiger partial charge in [0.05, 0.1) is 0 Å². The average Bonchev–Trinajstić information content (AvgIpc) is 2.85. The molecule has 1 heterocycles. The molecule has 3 heteroatoms. The maximum atomic E-state index is 6.10. The summed E-state index contributed by atoms with van der Waals surface area (Å²) in [5.74, 6) is 1.57. The molecule has 0 bridgehead atoms. The van der Waals surface area contributed by atoms with Crippen molar-refractivity contribution in [3.63, 3.8) is 0 Å². The Morgan fingerprint density at radius 3 is 2.76 bits per heavy atom. The van der Waals surface area contributed by atoms with Crippen LogP contribution in [0.3, 0.4) is 0 Å². The molecule has 1 fully saturated rings. The summed E-state index contributed by atoms with van der Waals surface area (Å²) >= 11 is 5.87. The predicted molar refractivity (Wildman–Crippen MR) is 71.8 cm³/mol. The second-order valence-corrected chi connectivity index (χ2v) is 5.09. The van der Waals surface area contributed by atoms with E-state index in [1.54, 1.807) is 0 Å². The Labute approximate surface area is 108 Å². The van der Waals surface area contributed by atoms with Gasteiger partial charge in [0.15, 0.2) is 0 Å². The van der Waals surface area contributed by atoms with Crippen molar-refractivity contribution in [3.8, 4) is 5.75 Å². The average molecular weight is 254 g/mol. The van der Waals surface area contributed by atoms with Crippen LogP contribution < -0.4 is 10.1 Å². The quantitative estimate of drug-likeness (QED) is 0.867. The van der Waals surface area contributed by atoms with Gasteiger partial charge in [-0.2, -0.15) is 0 Å². The van der Waals surface area contributed by atoms with Crippen molar-refractivity contribution in [1.29, 1.82) is 0 Å². The number of nitrogens with one attached hydrogen (secondary N) is 1. The first-order valence-electron chi connectivity index (χ1n) is 6.42. The molecule has 1 saturated heterocycles. The lowest BCUT2D eigenvalue weighted by atomic mass is 9.97. The third kappa shape index (κ3) is 3.62. The molecule has 1 aliphatic heterocycles. The largest absolute Gasteiger partial charge is 0.490 e. The molecular formula is C14H20ClNO. The highest BCUT2D eigenvalue weighted by Crippen LogP contribution is 2.24. The van der Waals surface area contributed by atoms with Gasteiger partial charge in [-0.05, 0) is 43.7 Å². The molecule has 1 N–H and O–H groups in total. The van der Waals surface area contributed by atoms with Crippen LogP contribution in [0.15, 0.2) is 24.3 Å². The Hall–Kier alpha value is -0.730. The van der Waals surface area contributed by atoms with E-state index in [0.717, 1.165) is 36.7 Å². The molecule has 0 aromatic heterocycles. The molecular weight excluding hydrogens is 234 g/mol. The first kappa shape index (κ1) is 12.7. The number of ether oxygens (including phenoxy) is 1. The zero-order valence-corrected chi connectivity index (χ0v) is 11.0. The van der Waals surface area contributed by atoms with Gasteiger partial charge in [0, 0.05) is 17.5 Å². The second-order valence-electron chi connectivity index (χ2n) is 4.65. The highest BCUT2D eigenvalue weighted by molar-refractivity contribution is 6.30. The lowest BCUT2D eigenvalue weighted by Gasteiger charge is -2.24. The lowest BCUT2D eigenvalue weighted by Crippen LogP contribution is -2.28. The van der Waals surface area contributed by atoms with Gasteiger partial charge >= 0.3 is 0 Å². The number of rotatable bonds is 5. The van der Waals surface area contributed by atoms with Gasteiger partial charge in [0.25, 0.3) is 0 Å². The molecule has 2 rings (SSSR count). The van der Waals surface area contributed by atoms with Crippen molar-refractivity contribution >= 4 is 11.6 Å². The van der Waals surface area contributed by atoms with Gasteiger partial charge in [-0.3, -0.25) is 0 Å². The Kier molecular flexibility index (Phi) is 4.69.